The van der Waals surface area contributed by atoms with Crippen LogP contribution in [0, 0.1) is 0 Å². The molecule has 0 aromatic carbocycles. The molecule has 1 N–H and O–H groups in total. The van der Waals surface area contributed by atoms with Gasteiger partial charge in [-0.3, -0.25) is 9.20 Å². The van der Waals surface area contributed by atoms with E-state index in [1.54, 1.807) is 11.8 Å². The average molecular weight is 234 g/mol. The molecule has 0 aliphatic carbocycles. The van der Waals surface area contributed by atoms with Crippen molar-refractivity contribution in [1.82, 2.24) is 5.32 Å². The van der Waals surface area contributed by atoms with Gasteiger partial charge < -0.3 is 5.32 Å². The Morgan fingerprint density at radius 1 is 1.64 bits per heavy atom. The van der Waals surface area contributed by atoms with Crippen LogP contribution in [0.4, 0.5) is 0 Å². The molecule has 1 aliphatic heterocycles. The van der Waals surface area contributed by atoms with Gasteiger partial charge in [0.1, 0.15) is 0 Å². The maximum Gasteiger partial charge on any atom is 0.156 e. The average Bonchev–Trinajstić information content (AvgIpc) is 2.65. The number of hydrogen-bond donors (Lipinski definition) is 1. The first-order valence-electron chi connectivity index (χ1n) is 5.05. The van der Waals surface area contributed by atoms with E-state index >= 15 is 0 Å². The first-order valence-corrected chi connectivity index (χ1v) is 7.52. The highest BCUT2D eigenvalue weighted by Crippen LogP contribution is 2.15. The maximum absolute atomic E-state index is 11.1. The molecule has 0 bridgehead atoms. The summed E-state index contributed by atoms with van der Waals surface area (Å²) in [6, 6.07) is 0.579. The number of nitrogens with zero attached hydrogens (tertiary/aromatic N) is 1. The van der Waals surface area contributed by atoms with Gasteiger partial charge in [0.15, 0.2) is 5.17 Å². The molecule has 2 unspecified atom stereocenters. The van der Waals surface area contributed by atoms with Crippen LogP contribution in [-0.4, -0.2) is 39.2 Å². The molecule has 0 saturated carbocycles. The number of aliphatic imine (C=N–C) groups is 1. The van der Waals surface area contributed by atoms with Crippen LogP contribution in [0.1, 0.15) is 20.3 Å². The summed E-state index contributed by atoms with van der Waals surface area (Å²) in [6.07, 6.45) is 1.15. The van der Waals surface area contributed by atoms with E-state index in [0.717, 1.165) is 23.1 Å². The summed E-state index contributed by atoms with van der Waals surface area (Å²) < 4.78 is 11.1. The van der Waals surface area contributed by atoms with E-state index in [1.165, 1.54) is 0 Å². The largest absolute Gasteiger partial charge is 0.361 e. The monoisotopic (exact) mass is 234 g/mol. The Hall–Kier alpha value is -0.0300. The van der Waals surface area contributed by atoms with Crippen molar-refractivity contribution in [1.29, 1.82) is 0 Å². The zero-order valence-electron chi connectivity index (χ0n) is 8.78. The lowest BCUT2D eigenvalue weighted by molar-refractivity contribution is 0.667. The van der Waals surface area contributed by atoms with Gasteiger partial charge in [-0.1, -0.05) is 25.6 Å². The predicted octanol–water partition coefficient (Wildman–Crippen LogP) is 1.23. The summed E-state index contributed by atoms with van der Waals surface area (Å²) in [4.78, 5) is 4.38. The summed E-state index contributed by atoms with van der Waals surface area (Å²) in [7, 11) is -0.682. The van der Waals surface area contributed by atoms with Crippen LogP contribution < -0.4 is 5.32 Å². The Kier molecular flexibility index (Phi) is 5.55. The van der Waals surface area contributed by atoms with E-state index in [9.17, 15) is 4.21 Å². The Balaban J connectivity index is 2.22. The Bertz CT molecular complexity index is 231. The topological polar surface area (TPSA) is 41.5 Å². The summed E-state index contributed by atoms with van der Waals surface area (Å²) in [5, 5.41) is 4.38. The highest BCUT2D eigenvalue weighted by Gasteiger charge is 2.17. The van der Waals surface area contributed by atoms with Gasteiger partial charge in [-0.2, -0.15) is 0 Å². The first kappa shape index (κ1) is 12.0. The van der Waals surface area contributed by atoms with Crippen LogP contribution in [0.25, 0.3) is 0 Å². The van der Waals surface area contributed by atoms with Crippen molar-refractivity contribution in [3.8, 4) is 0 Å². The van der Waals surface area contributed by atoms with Gasteiger partial charge in [0, 0.05) is 34.1 Å². The molecule has 5 heteroatoms. The Morgan fingerprint density at radius 2 is 2.43 bits per heavy atom. The molecular formula is C9H18N2OS2. The predicted molar refractivity (Wildman–Crippen MR) is 65.5 cm³/mol. The molecule has 0 radical (unpaired) electrons. The molecule has 1 fully saturated rings. The fourth-order valence-electron chi connectivity index (χ4n) is 1.14. The van der Waals surface area contributed by atoms with Crippen LogP contribution in [0.15, 0.2) is 4.99 Å². The van der Waals surface area contributed by atoms with Crippen LogP contribution >= 0.6 is 11.8 Å². The summed E-state index contributed by atoms with van der Waals surface area (Å²) in [5.74, 6) is 2.55. The molecule has 1 saturated heterocycles. The van der Waals surface area contributed by atoms with Gasteiger partial charge in [0.25, 0.3) is 0 Å². The minimum absolute atomic E-state index is 0.579. The second-order valence-electron chi connectivity index (χ2n) is 3.18. The van der Waals surface area contributed by atoms with E-state index in [-0.39, 0.29) is 0 Å². The van der Waals surface area contributed by atoms with Crippen LogP contribution in [-0.2, 0) is 10.8 Å². The van der Waals surface area contributed by atoms with Crippen molar-refractivity contribution in [2.45, 2.75) is 26.3 Å². The molecule has 0 spiro atoms. The molecule has 82 valence electrons. The molecule has 1 heterocycles. The zero-order chi connectivity index (χ0) is 10.4. The van der Waals surface area contributed by atoms with Crippen molar-refractivity contribution < 1.29 is 4.21 Å². The summed E-state index contributed by atoms with van der Waals surface area (Å²) in [6.45, 7) is 4.80. The van der Waals surface area contributed by atoms with Crippen LogP contribution in [0.2, 0.25) is 0 Å². The van der Waals surface area contributed by atoms with Gasteiger partial charge in [-0.25, -0.2) is 0 Å². The number of hydrogen-bond acceptors (Lipinski definition) is 3. The molecule has 0 aromatic rings. The Labute approximate surface area is 92.6 Å². The third-order valence-corrected chi connectivity index (χ3v) is 4.51. The standard InChI is InChI=1S/C9H18N2OS2/c1-3-8-7-13-9(11-8)10-5-6-14(12)4-2/h8H,3-7H2,1-2H3,(H,10,11). The minimum atomic E-state index is -0.682. The van der Waals surface area contributed by atoms with Crippen molar-refractivity contribution in [2.24, 2.45) is 4.99 Å². The SMILES string of the molecule is CCC1CSC(=NCCS(=O)CC)N1. The second kappa shape index (κ2) is 6.45. The molecule has 14 heavy (non-hydrogen) atoms. The van der Waals surface area contributed by atoms with Gasteiger partial charge in [-0.15, -0.1) is 0 Å². The van der Waals surface area contributed by atoms with Crippen molar-refractivity contribution in [3.63, 3.8) is 0 Å². The molecule has 1 aliphatic rings. The van der Waals surface area contributed by atoms with Crippen molar-refractivity contribution in [2.75, 3.05) is 23.8 Å². The molecule has 3 nitrogen and oxygen atoms in total. The molecule has 2 atom stereocenters. The van der Waals surface area contributed by atoms with Crippen molar-refractivity contribution >= 4 is 27.7 Å². The summed E-state index contributed by atoms with van der Waals surface area (Å²) >= 11 is 1.77. The first-order chi connectivity index (χ1) is 6.76. The lowest BCUT2D eigenvalue weighted by Gasteiger charge is -2.04. The Morgan fingerprint density at radius 3 is 3.00 bits per heavy atom. The normalized spacial score (nSPS) is 26.4. The van der Waals surface area contributed by atoms with Crippen LogP contribution in [0.3, 0.4) is 0 Å². The van der Waals surface area contributed by atoms with Crippen LogP contribution in [0.5, 0.6) is 0 Å². The van der Waals surface area contributed by atoms with Gasteiger partial charge in [0.05, 0.1) is 6.54 Å². The van der Waals surface area contributed by atoms with E-state index in [1.807, 2.05) is 6.92 Å². The van der Waals surface area contributed by atoms with Gasteiger partial charge in [-0.05, 0) is 6.42 Å². The quantitative estimate of drug-likeness (QED) is 0.778. The second-order valence-corrected chi connectivity index (χ2v) is 6.05. The van der Waals surface area contributed by atoms with Crippen molar-refractivity contribution in [3.05, 3.63) is 0 Å². The zero-order valence-corrected chi connectivity index (χ0v) is 10.4. The fraction of sp³-hybridized carbons (Fsp3) is 0.889. The van der Waals surface area contributed by atoms with Gasteiger partial charge >= 0.3 is 0 Å². The maximum atomic E-state index is 11.1. The molecule has 0 aromatic heterocycles. The lowest BCUT2D eigenvalue weighted by atomic mass is 10.3. The summed E-state index contributed by atoms with van der Waals surface area (Å²) in [5.41, 5.74) is 0. The number of amidine groups is 1. The van der Waals surface area contributed by atoms with E-state index in [4.69, 9.17) is 0 Å². The van der Waals surface area contributed by atoms with Gasteiger partial charge in [0.2, 0.25) is 0 Å². The fourth-order valence-corrected chi connectivity index (χ4v) is 2.84. The molecule has 1 rings (SSSR count). The molecule has 0 amide bonds. The third kappa shape index (κ3) is 4.00. The minimum Gasteiger partial charge on any atom is -0.361 e. The highest BCUT2D eigenvalue weighted by atomic mass is 32.2. The van der Waals surface area contributed by atoms with E-state index < -0.39 is 10.8 Å². The third-order valence-electron chi connectivity index (χ3n) is 2.14. The highest BCUT2D eigenvalue weighted by molar-refractivity contribution is 8.14. The number of rotatable bonds is 5. The number of thioether (sulfide) groups is 1. The lowest BCUT2D eigenvalue weighted by Crippen LogP contribution is -2.26. The molecular weight excluding hydrogens is 216 g/mol. The van der Waals surface area contributed by atoms with E-state index in [2.05, 4.69) is 17.2 Å². The smallest absolute Gasteiger partial charge is 0.156 e. The number of nitrogens with one attached hydrogen (secondary N) is 1. The van der Waals surface area contributed by atoms with E-state index in [0.29, 0.717) is 18.3 Å².